The number of aromatic nitrogens is 2. The number of hydrogen-bond donors (Lipinski definition) is 1. The van der Waals surface area contributed by atoms with Gasteiger partial charge in [0.15, 0.2) is 0 Å². The lowest BCUT2D eigenvalue weighted by Crippen LogP contribution is -2.49. The molecular weight excluding hydrogens is 342 g/mol. The molecule has 0 radical (unpaired) electrons. The van der Waals surface area contributed by atoms with Gasteiger partial charge in [-0.15, -0.1) is 0 Å². The zero-order valence-corrected chi connectivity index (χ0v) is 16.5. The van der Waals surface area contributed by atoms with E-state index < -0.39 is 0 Å². The van der Waals surface area contributed by atoms with Crippen molar-refractivity contribution in [3.05, 3.63) is 41.2 Å². The van der Waals surface area contributed by atoms with Crippen molar-refractivity contribution in [3.8, 4) is 0 Å². The molecule has 0 unspecified atom stereocenters. The minimum absolute atomic E-state index is 0.242. The summed E-state index contributed by atoms with van der Waals surface area (Å²) >= 11 is 0. The van der Waals surface area contributed by atoms with Crippen LogP contribution in [-0.2, 0) is 4.74 Å². The van der Waals surface area contributed by atoms with Gasteiger partial charge in [0, 0.05) is 37.9 Å². The third-order valence-electron chi connectivity index (χ3n) is 4.69. The van der Waals surface area contributed by atoms with Gasteiger partial charge in [0.2, 0.25) is 0 Å². The largest absolute Gasteiger partial charge is 0.450 e. The van der Waals surface area contributed by atoms with Crippen molar-refractivity contribution < 1.29 is 9.53 Å². The molecule has 1 aromatic heterocycles. The molecule has 0 atom stereocenters. The highest BCUT2D eigenvalue weighted by Gasteiger charge is 2.23. The van der Waals surface area contributed by atoms with Crippen LogP contribution in [-0.4, -0.2) is 53.7 Å². The second-order valence-electron chi connectivity index (χ2n) is 6.72. The Kier molecular flexibility index (Phi) is 5.78. The number of piperazine rings is 1. The van der Waals surface area contributed by atoms with Gasteiger partial charge < -0.3 is 19.9 Å². The van der Waals surface area contributed by atoms with Crippen LogP contribution in [0.2, 0.25) is 0 Å². The van der Waals surface area contributed by atoms with E-state index in [1.54, 1.807) is 4.90 Å². The van der Waals surface area contributed by atoms with E-state index in [-0.39, 0.29) is 6.09 Å². The van der Waals surface area contributed by atoms with E-state index in [4.69, 9.17) is 4.74 Å². The van der Waals surface area contributed by atoms with Crippen LogP contribution in [0.25, 0.3) is 0 Å². The second-order valence-corrected chi connectivity index (χ2v) is 6.72. The van der Waals surface area contributed by atoms with E-state index in [9.17, 15) is 4.79 Å². The highest BCUT2D eigenvalue weighted by Crippen LogP contribution is 2.25. The minimum Gasteiger partial charge on any atom is -0.450 e. The number of carbonyl (C=O) groups excluding carboxylic acids is 1. The van der Waals surface area contributed by atoms with Crippen molar-refractivity contribution in [3.63, 3.8) is 0 Å². The van der Waals surface area contributed by atoms with Crippen molar-refractivity contribution in [2.75, 3.05) is 43.0 Å². The molecule has 144 valence electrons. The number of rotatable bonds is 4. The minimum atomic E-state index is -0.242. The molecule has 7 nitrogen and oxygen atoms in total. The monoisotopic (exact) mass is 369 g/mol. The van der Waals surface area contributed by atoms with Gasteiger partial charge in [-0.05, 0) is 38.8 Å². The van der Waals surface area contributed by atoms with Crippen LogP contribution in [0.1, 0.15) is 23.9 Å². The molecule has 1 aliphatic heterocycles. The lowest BCUT2D eigenvalue weighted by Gasteiger charge is -2.34. The molecule has 1 aliphatic rings. The Morgan fingerprint density at radius 1 is 1.11 bits per heavy atom. The first kappa shape index (κ1) is 18.9. The third kappa shape index (κ3) is 4.48. The second kappa shape index (κ2) is 8.24. The number of anilines is 3. The Bertz CT molecular complexity index is 796. The molecule has 27 heavy (non-hydrogen) atoms. The number of carbonyl (C=O) groups is 1. The highest BCUT2D eigenvalue weighted by molar-refractivity contribution is 5.68. The van der Waals surface area contributed by atoms with Crippen LogP contribution in [0.15, 0.2) is 24.3 Å². The third-order valence-corrected chi connectivity index (χ3v) is 4.69. The van der Waals surface area contributed by atoms with Crippen molar-refractivity contribution in [2.24, 2.45) is 0 Å². The van der Waals surface area contributed by atoms with Crippen molar-refractivity contribution in [1.29, 1.82) is 0 Å². The van der Waals surface area contributed by atoms with Crippen LogP contribution in [0.3, 0.4) is 0 Å². The number of nitrogens with zero attached hydrogens (tertiary/aromatic N) is 4. The number of ether oxygens (including phenoxy) is 1. The number of para-hydroxylation sites is 1. The van der Waals surface area contributed by atoms with E-state index >= 15 is 0 Å². The Morgan fingerprint density at radius 3 is 2.41 bits per heavy atom. The van der Waals surface area contributed by atoms with Crippen molar-refractivity contribution >= 4 is 23.4 Å². The molecule has 0 aliphatic carbocycles. The van der Waals surface area contributed by atoms with Crippen LogP contribution < -0.4 is 10.2 Å². The zero-order chi connectivity index (χ0) is 19.4. The predicted octanol–water partition coefficient (Wildman–Crippen LogP) is 3.42. The Labute approximate surface area is 160 Å². The van der Waals surface area contributed by atoms with Gasteiger partial charge >= 0.3 is 6.09 Å². The summed E-state index contributed by atoms with van der Waals surface area (Å²) in [6, 6.07) is 8.19. The molecule has 0 spiro atoms. The normalized spacial score (nSPS) is 14.2. The lowest BCUT2D eigenvalue weighted by molar-refractivity contribution is 0.105. The van der Waals surface area contributed by atoms with Crippen molar-refractivity contribution in [1.82, 2.24) is 14.9 Å². The average molecular weight is 369 g/mol. The fourth-order valence-corrected chi connectivity index (χ4v) is 3.25. The molecule has 0 saturated carbocycles. The lowest BCUT2D eigenvalue weighted by atomic mass is 10.1. The fraction of sp³-hybridized carbons (Fsp3) is 0.450. The Balaban J connectivity index is 1.74. The van der Waals surface area contributed by atoms with Gasteiger partial charge in [0.05, 0.1) is 6.61 Å². The molecule has 2 aromatic rings. The quantitative estimate of drug-likeness (QED) is 0.890. The summed E-state index contributed by atoms with van der Waals surface area (Å²) in [5.41, 5.74) is 3.43. The summed E-state index contributed by atoms with van der Waals surface area (Å²) in [5.74, 6) is 2.37. The summed E-state index contributed by atoms with van der Waals surface area (Å²) in [7, 11) is 0. The SMILES string of the molecule is CCOC(=O)N1CCN(c2cc(Nc3c(C)cccc3C)nc(C)n2)CC1. The maximum Gasteiger partial charge on any atom is 0.409 e. The number of benzene rings is 1. The van der Waals surface area contributed by atoms with E-state index in [1.807, 2.05) is 19.9 Å². The molecule has 1 amide bonds. The molecule has 2 heterocycles. The summed E-state index contributed by atoms with van der Waals surface area (Å²) in [4.78, 5) is 24.9. The zero-order valence-electron chi connectivity index (χ0n) is 16.5. The van der Waals surface area contributed by atoms with Crippen LogP contribution >= 0.6 is 0 Å². The average Bonchev–Trinajstić information content (AvgIpc) is 2.65. The molecule has 1 saturated heterocycles. The summed E-state index contributed by atoms with van der Waals surface area (Å²) in [6.07, 6.45) is -0.242. The summed E-state index contributed by atoms with van der Waals surface area (Å²) in [6.45, 7) is 11.0. The number of hydrogen-bond acceptors (Lipinski definition) is 6. The molecule has 3 rings (SSSR count). The van der Waals surface area contributed by atoms with E-state index in [0.29, 0.717) is 25.5 Å². The van der Waals surface area contributed by atoms with Crippen LogP contribution in [0, 0.1) is 20.8 Å². The standard InChI is InChI=1S/C20H27N5O2/c1-5-27-20(26)25-11-9-24(10-12-25)18-13-17(21-16(4)22-18)23-19-14(2)7-6-8-15(19)3/h6-8,13H,5,9-12H2,1-4H3,(H,21,22,23). The van der Waals surface area contributed by atoms with Crippen LogP contribution in [0.4, 0.5) is 22.1 Å². The molecule has 1 N–H and O–H groups in total. The molecule has 7 heteroatoms. The number of amides is 1. The number of aryl methyl sites for hydroxylation is 3. The van der Waals surface area contributed by atoms with E-state index in [0.717, 1.165) is 30.4 Å². The van der Waals surface area contributed by atoms with Gasteiger partial charge in [0.25, 0.3) is 0 Å². The van der Waals surface area contributed by atoms with Gasteiger partial charge in [-0.2, -0.15) is 0 Å². The predicted molar refractivity (Wildman–Crippen MR) is 107 cm³/mol. The molecule has 1 fully saturated rings. The van der Waals surface area contributed by atoms with Gasteiger partial charge in [0.1, 0.15) is 17.5 Å². The van der Waals surface area contributed by atoms with Gasteiger partial charge in [-0.25, -0.2) is 14.8 Å². The first-order valence-electron chi connectivity index (χ1n) is 9.33. The first-order valence-corrected chi connectivity index (χ1v) is 9.33. The first-order chi connectivity index (χ1) is 13.0. The number of nitrogens with one attached hydrogen (secondary N) is 1. The van der Waals surface area contributed by atoms with E-state index in [2.05, 4.69) is 52.2 Å². The topological polar surface area (TPSA) is 70.6 Å². The Morgan fingerprint density at radius 2 is 1.78 bits per heavy atom. The highest BCUT2D eigenvalue weighted by atomic mass is 16.6. The maximum absolute atomic E-state index is 11.9. The van der Waals surface area contributed by atoms with E-state index in [1.165, 1.54) is 11.1 Å². The molecule has 1 aromatic carbocycles. The maximum atomic E-state index is 11.9. The molecule has 0 bridgehead atoms. The Hall–Kier alpha value is -2.83. The smallest absolute Gasteiger partial charge is 0.409 e. The van der Waals surface area contributed by atoms with Crippen LogP contribution in [0.5, 0.6) is 0 Å². The van der Waals surface area contributed by atoms with Crippen molar-refractivity contribution in [2.45, 2.75) is 27.7 Å². The summed E-state index contributed by atoms with van der Waals surface area (Å²) < 4.78 is 5.08. The fourth-order valence-electron chi connectivity index (χ4n) is 3.25. The van der Waals surface area contributed by atoms with Gasteiger partial charge in [-0.3, -0.25) is 0 Å². The summed E-state index contributed by atoms with van der Waals surface area (Å²) in [5, 5.41) is 3.44. The van der Waals surface area contributed by atoms with Gasteiger partial charge in [-0.1, -0.05) is 18.2 Å². The molecular formula is C20H27N5O2.